The number of benzene rings is 1. The normalized spacial score (nSPS) is 10.4. The van der Waals surface area contributed by atoms with Gasteiger partial charge in [-0.1, -0.05) is 12.1 Å². The molecular formula is C15H18FN3O2. The lowest BCUT2D eigenvalue weighted by Gasteiger charge is -2.07. The molecular weight excluding hydrogens is 273 g/mol. The Morgan fingerprint density at radius 1 is 1.43 bits per heavy atom. The molecule has 112 valence electrons. The minimum atomic E-state index is -0.478. The van der Waals surface area contributed by atoms with E-state index in [2.05, 4.69) is 10.4 Å². The van der Waals surface area contributed by atoms with Crippen molar-refractivity contribution in [3.8, 4) is 5.75 Å². The Morgan fingerprint density at radius 3 is 2.86 bits per heavy atom. The van der Waals surface area contributed by atoms with E-state index in [0.29, 0.717) is 13.0 Å². The zero-order valence-electron chi connectivity index (χ0n) is 12.1. The molecule has 0 aliphatic carbocycles. The number of nitrogens with zero attached hydrogens (tertiary/aromatic N) is 2. The van der Waals surface area contributed by atoms with Gasteiger partial charge in [0.15, 0.2) is 18.2 Å². The number of ether oxygens (including phenoxy) is 1. The molecule has 0 saturated heterocycles. The molecule has 0 saturated carbocycles. The van der Waals surface area contributed by atoms with Crippen LogP contribution in [0.1, 0.15) is 11.4 Å². The molecule has 1 aromatic carbocycles. The number of para-hydroxylation sites is 1. The number of carbonyl (C=O) groups excluding carboxylic acids is 1. The van der Waals surface area contributed by atoms with Gasteiger partial charge < -0.3 is 10.1 Å². The molecule has 1 heterocycles. The number of amides is 1. The van der Waals surface area contributed by atoms with Crippen LogP contribution in [0.3, 0.4) is 0 Å². The van der Waals surface area contributed by atoms with Gasteiger partial charge in [0.25, 0.3) is 5.91 Å². The molecule has 0 atom stereocenters. The average Bonchev–Trinajstić information content (AvgIpc) is 2.77. The Hall–Kier alpha value is -2.37. The van der Waals surface area contributed by atoms with Crippen molar-refractivity contribution in [2.45, 2.75) is 13.3 Å². The van der Waals surface area contributed by atoms with Crippen molar-refractivity contribution in [1.29, 1.82) is 0 Å². The third-order valence-corrected chi connectivity index (χ3v) is 3.06. The summed E-state index contributed by atoms with van der Waals surface area (Å²) in [4.78, 5) is 11.6. The first-order valence-corrected chi connectivity index (χ1v) is 6.70. The number of nitrogens with one attached hydrogen (secondary N) is 1. The van der Waals surface area contributed by atoms with Gasteiger partial charge >= 0.3 is 0 Å². The van der Waals surface area contributed by atoms with Gasteiger partial charge in [-0.2, -0.15) is 5.10 Å². The van der Waals surface area contributed by atoms with Crippen molar-refractivity contribution >= 4 is 5.91 Å². The van der Waals surface area contributed by atoms with E-state index >= 15 is 0 Å². The Morgan fingerprint density at radius 2 is 2.19 bits per heavy atom. The van der Waals surface area contributed by atoms with Crippen molar-refractivity contribution in [3.05, 3.63) is 47.5 Å². The zero-order chi connectivity index (χ0) is 15.2. The molecule has 0 unspecified atom stereocenters. The van der Waals surface area contributed by atoms with Crippen LogP contribution < -0.4 is 10.1 Å². The van der Waals surface area contributed by atoms with Crippen molar-refractivity contribution in [2.24, 2.45) is 7.05 Å². The maximum Gasteiger partial charge on any atom is 0.257 e. The molecule has 0 aliphatic heterocycles. The maximum absolute atomic E-state index is 13.3. The summed E-state index contributed by atoms with van der Waals surface area (Å²) in [5.74, 6) is -0.687. The summed E-state index contributed by atoms with van der Waals surface area (Å²) in [6.45, 7) is 2.23. The first kappa shape index (κ1) is 15.0. The van der Waals surface area contributed by atoms with Crippen molar-refractivity contribution in [1.82, 2.24) is 15.1 Å². The SMILES string of the molecule is Cc1cc(CCNC(=O)COc2ccccc2F)nn1C. The van der Waals surface area contributed by atoms with Gasteiger partial charge in [0.1, 0.15) is 0 Å². The average molecular weight is 291 g/mol. The summed E-state index contributed by atoms with van der Waals surface area (Å²) in [5, 5.41) is 7.01. The molecule has 21 heavy (non-hydrogen) atoms. The fraction of sp³-hybridized carbons (Fsp3) is 0.333. The molecule has 0 bridgehead atoms. The second kappa shape index (κ2) is 6.88. The highest BCUT2D eigenvalue weighted by atomic mass is 19.1. The number of hydrogen-bond acceptors (Lipinski definition) is 3. The van der Waals surface area contributed by atoms with Gasteiger partial charge in [0, 0.05) is 25.7 Å². The largest absolute Gasteiger partial charge is 0.481 e. The molecule has 6 heteroatoms. The summed E-state index contributed by atoms with van der Waals surface area (Å²) in [6.07, 6.45) is 0.646. The molecule has 0 fully saturated rings. The lowest BCUT2D eigenvalue weighted by molar-refractivity contribution is -0.123. The number of rotatable bonds is 6. The lowest BCUT2D eigenvalue weighted by Crippen LogP contribution is -2.30. The summed E-state index contributed by atoms with van der Waals surface area (Å²) >= 11 is 0. The number of aryl methyl sites for hydroxylation is 2. The van der Waals surface area contributed by atoms with Crippen LogP contribution in [0.4, 0.5) is 4.39 Å². The Bertz CT molecular complexity index is 606. The van der Waals surface area contributed by atoms with Crippen LogP contribution in [0.5, 0.6) is 5.75 Å². The number of hydrogen-bond donors (Lipinski definition) is 1. The maximum atomic E-state index is 13.3. The van der Waals surface area contributed by atoms with Gasteiger partial charge in [-0.05, 0) is 25.1 Å². The highest BCUT2D eigenvalue weighted by Gasteiger charge is 2.06. The quantitative estimate of drug-likeness (QED) is 0.879. The van der Waals surface area contributed by atoms with Crippen LogP contribution >= 0.6 is 0 Å². The van der Waals surface area contributed by atoms with E-state index in [9.17, 15) is 9.18 Å². The number of halogens is 1. The standard InChI is InChI=1S/C15H18FN3O2/c1-11-9-12(18-19(11)2)7-8-17-15(20)10-21-14-6-4-3-5-13(14)16/h3-6,9H,7-8,10H2,1-2H3,(H,17,20). The summed E-state index contributed by atoms with van der Waals surface area (Å²) < 4.78 is 20.2. The van der Waals surface area contributed by atoms with Crippen LogP contribution in [-0.4, -0.2) is 28.8 Å². The predicted molar refractivity (Wildman–Crippen MR) is 76.6 cm³/mol. The van der Waals surface area contributed by atoms with Crippen LogP contribution in [0.15, 0.2) is 30.3 Å². The topological polar surface area (TPSA) is 56.1 Å². The highest BCUT2D eigenvalue weighted by Crippen LogP contribution is 2.14. The third kappa shape index (κ3) is 4.30. The second-order valence-corrected chi connectivity index (χ2v) is 4.72. The first-order chi connectivity index (χ1) is 10.1. The molecule has 0 radical (unpaired) electrons. The van der Waals surface area contributed by atoms with Crippen LogP contribution in [0.2, 0.25) is 0 Å². The Kier molecular flexibility index (Phi) is 4.92. The molecule has 0 aliphatic rings. The van der Waals surface area contributed by atoms with Crippen LogP contribution in [0.25, 0.3) is 0 Å². The highest BCUT2D eigenvalue weighted by molar-refractivity contribution is 5.77. The minimum absolute atomic E-state index is 0.0769. The fourth-order valence-corrected chi connectivity index (χ4v) is 1.84. The van der Waals surface area contributed by atoms with Crippen molar-refractivity contribution < 1.29 is 13.9 Å². The van der Waals surface area contributed by atoms with Crippen LogP contribution in [-0.2, 0) is 18.3 Å². The Balaban J connectivity index is 1.71. The lowest BCUT2D eigenvalue weighted by atomic mass is 10.3. The minimum Gasteiger partial charge on any atom is -0.481 e. The number of carbonyl (C=O) groups is 1. The predicted octanol–water partition coefficient (Wildman–Crippen LogP) is 1.61. The molecule has 1 N–H and O–H groups in total. The van der Waals surface area contributed by atoms with Gasteiger partial charge in [0.05, 0.1) is 5.69 Å². The fourth-order valence-electron chi connectivity index (χ4n) is 1.84. The molecule has 0 spiro atoms. The Labute approximate surface area is 122 Å². The van der Waals surface area contributed by atoms with Crippen molar-refractivity contribution in [3.63, 3.8) is 0 Å². The van der Waals surface area contributed by atoms with E-state index < -0.39 is 5.82 Å². The van der Waals surface area contributed by atoms with Gasteiger partial charge in [-0.25, -0.2) is 4.39 Å². The summed E-state index contributed by atoms with van der Waals surface area (Å²) in [7, 11) is 1.87. The monoisotopic (exact) mass is 291 g/mol. The van der Waals surface area contributed by atoms with E-state index in [-0.39, 0.29) is 18.3 Å². The molecule has 1 amide bonds. The summed E-state index contributed by atoms with van der Waals surface area (Å²) in [5.41, 5.74) is 1.99. The molecule has 2 aromatic rings. The molecule has 2 rings (SSSR count). The van der Waals surface area contributed by atoms with E-state index in [1.54, 1.807) is 16.8 Å². The van der Waals surface area contributed by atoms with Crippen LogP contribution in [0, 0.1) is 12.7 Å². The zero-order valence-corrected chi connectivity index (χ0v) is 12.1. The summed E-state index contributed by atoms with van der Waals surface area (Å²) in [6, 6.07) is 7.97. The van der Waals surface area contributed by atoms with Gasteiger partial charge in [-0.3, -0.25) is 9.48 Å². The molecule has 1 aromatic heterocycles. The molecule has 5 nitrogen and oxygen atoms in total. The van der Waals surface area contributed by atoms with Crippen molar-refractivity contribution in [2.75, 3.05) is 13.2 Å². The van der Waals surface area contributed by atoms with E-state index in [1.807, 2.05) is 20.0 Å². The van der Waals surface area contributed by atoms with Gasteiger partial charge in [0.2, 0.25) is 0 Å². The number of aromatic nitrogens is 2. The van der Waals surface area contributed by atoms with E-state index in [4.69, 9.17) is 4.74 Å². The third-order valence-electron chi connectivity index (χ3n) is 3.06. The first-order valence-electron chi connectivity index (χ1n) is 6.70. The second-order valence-electron chi connectivity index (χ2n) is 4.72. The van der Waals surface area contributed by atoms with E-state index in [1.165, 1.54) is 12.1 Å². The van der Waals surface area contributed by atoms with Gasteiger partial charge in [-0.15, -0.1) is 0 Å². The van der Waals surface area contributed by atoms with E-state index in [0.717, 1.165) is 11.4 Å². The smallest absolute Gasteiger partial charge is 0.257 e.